The monoisotopic (exact) mass is 374 g/mol. The molecule has 0 spiro atoms. The minimum atomic E-state index is -0.593. The van der Waals surface area contributed by atoms with E-state index >= 15 is 0 Å². The quantitative estimate of drug-likeness (QED) is 0.423. The van der Waals surface area contributed by atoms with Crippen LogP contribution in [0.4, 0.5) is 8.78 Å². The van der Waals surface area contributed by atoms with Gasteiger partial charge in [-0.3, -0.25) is 0 Å². The minimum absolute atomic E-state index is 0.265. The molecule has 28 heavy (non-hydrogen) atoms. The summed E-state index contributed by atoms with van der Waals surface area (Å²) in [6.07, 6.45) is 5.44. The molecule has 1 fully saturated rings. The fourth-order valence-corrected chi connectivity index (χ4v) is 4.77. The van der Waals surface area contributed by atoms with Crippen molar-refractivity contribution in [3.8, 4) is 11.8 Å². The third kappa shape index (κ3) is 3.31. The van der Waals surface area contributed by atoms with Crippen molar-refractivity contribution in [1.29, 1.82) is 0 Å². The van der Waals surface area contributed by atoms with Crippen molar-refractivity contribution in [3.05, 3.63) is 83.4 Å². The lowest BCUT2D eigenvalue weighted by molar-refractivity contribution is 0.238. The molecule has 0 heterocycles. The maximum atomic E-state index is 14.2. The molecule has 0 aliphatic heterocycles. The van der Waals surface area contributed by atoms with E-state index in [1.165, 1.54) is 34.9 Å². The van der Waals surface area contributed by atoms with E-state index in [0.29, 0.717) is 5.92 Å². The number of halogens is 2. The molecule has 3 aromatic carbocycles. The van der Waals surface area contributed by atoms with Crippen LogP contribution in [0.1, 0.15) is 50.2 Å². The number of hydrogen-bond acceptors (Lipinski definition) is 0. The van der Waals surface area contributed by atoms with E-state index in [0.717, 1.165) is 31.7 Å². The molecule has 1 saturated carbocycles. The molecule has 2 heteroatoms. The Morgan fingerprint density at radius 1 is 1.00 bits per heavy atom. The number of benzene rings is 3. The topological polar surface area (TPSA) is 0 Å². The molecule has 0 nitrogen and oxygen atoms in total. The van der Waals surface area contributed by atoms with Crippen LogP contribution >= 0.6 is 0 Å². The Morgan fingerprint density at radius 3 is 2.64 bits per heavy atom. The van der Waals surface area contributed by atoms with E-state index in [9.17, 15) is 8.78 Å². The first-order chi connectivity index (χ1) is 13.6. The molecule has 3 aromatic rings. The summed E-state index contributed by atoms with van der Waals surface area (Å²) in [7, 11) is 0. The van der Waals surface area contributed by atoms with Gasteiger partial charge in [-0.1, -0.05) is 80.5 Å². The normalized spacial score (nSPS) is 21.9. The van der Waals surface area contributed by atoms with E-state index in [1.807, 2.05) is 0 Å². The van der Waals surface area contributed by atoms with Crippen molar-refractivity contribution in [3.63, 3.8) is 0 Å². The molecule has 0 amide bonds. The zero-order chi connectivity index (χ0) is 19.6. The van der Waals surface area contributed by atoms with Crippen molar-refractivity contribution in [2.24, 2.45) is 5.92 Å². The zero-order valence-electron chi connectivity index (χ0n) is 16.1. The summed E-state index contributed by atoms with van der Waals surface area (Å²) in [5, 5.41) is 2.42. The fourth-order valence-electron chi connectivity index (χ4n) is 4.77. The number of rotatable bonds is 2. The van der Waals surface area contributed by atoms with E-state index in [4.69, 9.17) is 0 Å². The molecule has 0 N–H and O–H groups in total. The van der Waals surface area contributed by atoms with Crippen LogP contribution in [0.3, 0.4) is 0 Å². The average Bonchev–Trinajstić information content (AvgIpc) is 2.73. The van der Waals surface area contributed by atoms with Crippen LogP contribution in [-0.4, -0.2) is 0 Å². The number of fused-ring (bicyclic) bond motifs is 1. The molecule has 1 aliphatic rings. The van der Waals surface area contributed by atoms with Gasteiger partial charge in [0.2, 0.25) is 0 Å². The van der Waals surface area contributed by atoms with Gasteiger partial charge in [0.1, 0.15) is 11.6 Å². The van der Waals surface area contributed by atoms with Crippen molar-refractivity contribution < 1.29 is 8.78 Å². The van der Waals surface area contributed by atoms with Crippen molar-refractivity contribution in [1.82, 2.24) is 0 Å². The van der Waals surface area contributed by atoms with Crippen LogP contribution in [0.25, 0.3) is 10.8 Å². The van der Waals surface area contributed by atoms with E-state index in [-0.39, 0.29) is 11.0 Å². The Bertz CT molecular complexity index is 1050. The minimum Gasteiger partial charge on any atom is -0.207 e. The van der Waals surface area contributed by atoms with Gasteiger partial charge in [0.05, 0.1) is 11.0 Å². The van der Waals surface area contributed by atoms with Crippen molar-refractivity contribution in [2.75, 3.05) is 0 Å². The standard InChI is InChI=1S/C26H24F2/c1-2-21-10-5-6-16-26(21,17-15-20-13-14-22(27)18-25(20)28)24-12-7-9-19-8-3-4-11-23(19)24/h3-4,7-9,11-14,18,21H,2,5-6,10,16H2,1H3. The van der Waals surface area contributed by atoms with Crippen molar-refractivity contribution in [2.45, 2.75) is 44.4 Å². The Labute approximate surface area is 165 Å². The highest BCUT2D eigenvalue weighted by Gasteiger charge is 2.40. The molecule has 4 rings (SSSR count). The lowest BCUT2D eigenvalue weighted by atomic mass is 9.61. The molecule has 1 aliphatic carbocycles. The fraction of sp³-hybridized carbons (Fsp3) is 0.308. The zero-order valence-corrected chi connectivity index (χ0v) is 16.1. The van der Waals surface area contributed by atoms with Gasteiger partial charge < -0.3 is 0 Å². The molecule has 0 radical (unpaired) electrons. The highest BCUT2D eigenvalue weighted by Crippen LogP contribution is 2.47. The van der Waals surface area contributed by atoms with E-state index in [2.05, 4.69) is 61.2 Å². The molecule has 0 aromatic heterocycles. The molecule has 2 unspecified atom stereocenters. The Hall–Kier alpha value is -2.66. The SMILES string of the molecule is CCC1CCCCC1(C#Cc1ccc(F)cc1F)c1cccc2ccccc12. The van der Waals surface area contributed by atoms with Crippen LogP contribution in [0.5, 0.6) is 0 Å². The summed E-state index contributed by atoms with van der Waals surface area (Å²) in [5.41, 5.74) is 1.20. The molecule has 2 atom stereocenters. The molecule has 142 valence electrons. The lowest BCUT2D eigenvalue weighted by Gasteiger charge is -2.41. The molecular weight excluding hydrogens is 350 g/mol. The predicted octanol–water partition coefficient (Wildman–Crippen LogP) is 7.01. The Kier molecular flexibility index (Phi) is 5.18. The highest BCUT2D eigenvalue weighted by molar-refractivity contribution is 5.87. The van der Waals surface area contributed by atoms with E-state index in [1.54, 1.807) is 0 Å². The van der Waals surface area contributed by atoms with Gasteiger partial charge in [0.25, 0.3) is 0 Å². The molecule has 0 bridgehead atoms. The second-order valence-electron chi connectivity index (χ2n) is 7.72. The second kappa shape index (κ2) is 7.76. The maximum Gasteiger partial charge on any atom is 0.141 e. The van der Waals surface area contributed by atoms with Crippen LogP contribution in [0, 0.1) is 29.4 Å². The summed E-state index contributed by atoms with van der Waals surface area (Å²) in [5.74, 6) is 5.85. The van der Waals surface area contributed by atoms with Gasteiger partial charge in [-0.05, 0) is 47.2 Å². The maximum absolute atomic E-state index is 14.2. The largest absolute Gasteiger partial charge is 0.207 e. The predicted molar refractivity (Wildman–Crippen MR) is 111 cm³/mol. The molecule has 0 saturated heterocycles. The van der Waals surface area contributed by atoms with Gasteiger partial charge in [-0.2, -0.15) is 0 Å². The first kappa shape index (κ1) is 18.7. The van der Waals surface area contributed by atoms with Crippen LogP contribution < -0.4 is 0 Å². The smallest absolute Gasteiger partial charge is 0.141 e. The summed E-state index contributed by atoms with van der Waals surface area (Å²) in [6.45, 7) is 2.22. The van der Waals surface area contributed by atoms with Crippen LogP contribution in [0.2, 0.25) is 0 Å². The second-order valence-corrected chi connectivity index (χ2v) is 7.72. The summed E-state index contributed by atoms with van der Waals surface area (Å²) >= 11 is 0. The molecular formula is C26H24F2. The third-order valence-electron chi connectivity index (χ3n) is 6.19. The summed E-state index contributed by atoms with van der Waals surface area (Å²) in [4.78, 5) is 0. The van der Waals surface area contributed by atoms with Gasteiger partial charge in [-0.15, -0.1) is 0 Å². The van der Waals surface area contributed by atoms with Crippen LogP contribution in [-0.2, 0) is 5.41 Å². The van der Waals surface area contributed by atoms with Crippen molar-refractivity contribution >= 4 is 10.8 Å². The van der Waals surface area contributed by atoms with Gasteiger partial charge in [-0.25, -0.2) is 8.78 Å². The van der Waals surface area contributed by atoms with E-state index < -0.39 is 11.6 Å². The van der Waals surface area contributed by atoms with Crippen LogP contribution in [0.15, 0.2) is 60.7 Å². The van der Waals surface area contributed by atoms with Gasteiger partial charge >= 0.3 is 0 Å². The summed E-state index contributed by atoms with van der Waals surface area (Å²) < 4.78 is 27.5. The first-order valence-corrected chi connectivity index (χ1v) is 10.1. The Morgan fingerprint density at radius 2 is 1.82 bits per heavy atom. The summed E-state index contributed by atoms with van der Waals surface area (Å²) in [6, 6.07) is 18.4. The Balaban J connectivity index is 1.92. The lowest BCUT2D eigenvalue weighted by Crippen LogP contribution is -2.37. The van der Waals surface area contributed by atoms with Gasteiger partial charge in [0.15, 0.2) is 0 Å². The number of hydrogen-bond donors (Lipinski definition) is 0. The first-order valence-electron chi connectivity index (χ1n) is 10.1. The van der Waals surface area contributed by atoms with Gasteiger partial charge in [0, 0.05) is 6.07 Å². The third-order valence-corrected chi connectivity index (χ3v) is 6.19. The highest BCUT2D eigenvalue weighted by atomic mass is 19.1. The average molecular weight is 374 g/mol.